The van der Waals surface area contributed by atoms with Crippen molar-refractivity contribution in [3.05, 3.63) is 41.5 Å². The minimum atomic E-state index is -0.933. The van der Waals surface area contributed by atoms with Gasteiger partial charge in [-0.25, -0.2) is 0 Å². The zero-order valence-electron chi connectivity index (χ0n) is 20.4. The molecule has 3 aliphatic carbocycles. The first-order valence-corrected chi connectivity index (χ1v) is 13.4. The van der Waals surface area contributed by atoms with Crippen LogP contribution in [0.3, 0.4) is 0 Å². The molecule has 1 aromatic carbocycles. The predicted molar refractivity (Wildman–Crippen MR) is 132 cm³/mol. The lowest BCUT2D eigenvalue weighted by molar-refractivity contribution is -0.140. The van der Waals surface area contributed by atoms with Crippen LogP contribution < -0.4 is 10.1 Å². The number of fused-ring (bicyclic) bond motifs is 3. The minimum Gasteiger partial charge on any atom is -0.486 e. The number of rotatable bonds is 8. The van der Waals surface area contributed by atoms with Crippen molar-refractivity contribution in [1.82, 2.24) is 10.2 Å². The lowest BCUT2D eigenvalue weighted by atomic mass is 9.77. The molecule has 35 heavy (non-hydrogen) atoms. The third-order valence-corrected chi connectivity index (χ3v) is 8.45. The molecule has 190 valence electrons. The summed E-state index contributed by atoms with van der Waals surface area (Å²) in [5, 5.41) is 23.6. The topological polar surface area (TPSA) is 99.1 Å². The lowest BCUT2D eigenvalue weighted by Crippen LogP contribution is -2.58. The van der Waals surface area contributed by atoms with Gasteiger partial charge in [0.2, 0.25) is 11.8 Å². The molecule has 7 heteroatoms. The van der Waals surface area contributed by atoms with Crippen molar-refractivity contribution in [3.63, 3.8) is 0 Å². The van der Waals surface area contributed by atoms with Crippen molar-refractivity contribution in [3.8, 4) is 5.75 Å². The van der Waals surface area contributed by atoms with Crippen LogP contribution in [0.2, 0.25) is 0 Å². The average molecular weight is 483 g/mol. The van der Waals surface area contributed by atoms with Gasteiger partial charge in [0.15, 0.2) is 0 Å². The number of benzene rings is 1. The molecular formula is C28H38N2O5. The van der Waals surface area contributed by atoms with Gasteiger partial charge in [0.1, 0.15) is 18.0 Å². The molecule has 1 aromatic rings. The number of aliphatic hydroxyl groups excluding tert-OH is 2. The van der Waals surface area contributed by atoms with E-state index in [2.05, 4.69) is 5.32 Å². The SMILES string of the molecule is O=C(NCCO)C1=CC(N(C(=O)CCC2CCCC2)C2CCCC2)C(O)C2Oc3ccccc3C12. The van der Waals surface area contributed by atoms with E-state index in [1.807, 2.05) is 35.2 Å². The minimum absolute atomic E-state index is 0.0732. The second-order valence-electron chi connectivity index (χ2n) is 10.6. The molecular weight excluding hydrogens is 444 g/mol. The van der Waals surface area contributed by atoms with E-state index in [1.54, 1.807) is 0 Å². The maximum atomic E-state index is 13.7. The van der Waals surface area contributed by atoms with Crippen molar-refractivity contribution in [2.45, 2.75) is 94.4 Å². The van der Waals surface area contributed by atoms with Crippen molar-refractivity contribution in [1.29, 1.82) is 0 Å². The van der Waals surface area contributed by atoms with Crippen LogP contribution in [-0.4, -0.2) is 64.4 Å². The fourth-order valence-corrected chi connectivity index (χ4v) is 6.71. The van der Waals surface area contributed by atoms with Gasteiger partial charge in [-0.05, 0) is 37.3 Å². The highest BCUT2D eigenvalue weighted by Crippen LogP contribution is 2.47. The van der Waals surface area contributed by atoms with Gasteiger partial charge in [-0.2, -0.15) is 0 Å². The fraction of sp³-hybridized carbons (Fsp3) is 0.643. The smallest absolute Gasteiger partial charge is 0.247 e. The van der Waals surface area contributed by atoms with Crippen LogP contribution in [0.15, 0.2) is 35.9 Å². The van der Waals surface area contributed by atoms with Gasteiger partial charge >= 0.3 is 0 Å². The Bertz CT molecular complexity index is 950. The number of nitrogens with one attached hydrogen (secondary N) is 1. The zero-order chi connectivity index (χ0) is 24.4. The Morgan fingerprint density at radius 3 is 2.51 bits per heavy atom. The Balaban J connectivity index is 1.47. The quantitative estimate of drug-likeness (QED) is 0.529. The summed E-state index contributed by atoms with van der Waals surface area (Å²) in [6, 6.07) is 7.04. The Morgan fingerprint density at radius 1 is 1.06 bits per heavy atom. The molecule has 1 heterocycles. The van der Waals surface area contributed by atoms with E-state index in [9.17, 15) is 19.8 Å². The van der Waals surface area contributed by atoms with Gasteiger partial charge < -0.3 is 25.2 Å². The number of nitrogens with zero attached hydrogens (tertiary/aromatic N) is 1. The molecule has 7 nitrogen and oxygen atoms in total. The largest absolute Gasteiger partial charge is 0.486 e. The molecule has 4 atom stereocenters. The third kappa shape index (κ3) is 4.85. The monoisotopic (exact) mass is 482 g/mol. The van der Waals surface area contributed by atoms with Gasteiger partial charge in [0.25, 0.3) is 0 Å². The summed E-state index contributed by atoms with van der Waals surface area (Å²) in [4.78, 5) is 28.8. The molecule has 4 aliphatic rings. The number of para-hydroxylation sites is 1. The Labute approximate surface area is 207 Å². The van der Waals surface area contributed by atoms with Crippen LogP contribution in [0.5, 0.6) is 5.75 Å². The summed E-state index contributed by atoms with van der Waals surface area (Å²) in [7, 11) is 0. The Hall–Kier alpha value is -2.38. The highest BCUT2D eigenvalue weighted by Gasteiger charge is 2.51. The number of hydrogen-bond acceptors (Lipinski definition) is 5. The Morgan fingerprint density at radius 2 is 1.77 bits per heavy atom. The maximum absolute atomic E-state index is 13.7. The summed E-state index contributed by atoms with van der Waals surface area (Å²) in [6.45, 7) is -0.00392. The molecule has 2 amide bonds. The van der Waals surface area contributed by atoms with E-state index in [4.69, 9.17) is 4.74 Å². The van der Waals surface area contributed by atoms with E-state index in [-0.39, 0.29) is 31.0 Å². The number of aliphatic hydroxyl groups is 2. The van der Waals surface area contributed by atoms with Gasteiger partial charge in [-0.3, -0.25) is 9.59 Å². The van der Waals surface area contributed by atoms with Crippen molar-refractivity contribution in [2.75, 3.05) is 13.2 Å². The number of hydrogen-bond donors (Lipinski definition) is 3. The number of ether oxygens (including phenoxy) is 1. The molecule has 0 bridgehead atoms. The van der Waals surface area contributed by atoms with E-state index >= 15 is 0 Å². The summed E-state index contributed by atoms with van der Waals surface area (Å²) in [5.41, 5.74) is 1.38. The van der Waals surface area contributed by atoms with Crippen molar-refractivity contribution < 1.29 is 24.5 Å². The predicted octanol–water partition coefficient (Wildman–Crippen LogP) is 3.05. The van der Waals surface area contributed by atoms with Crippen LogP contribution in [0.4, 0.5) is 0 Å². The van der Waals surface area contributed by atoms with Crippen LogP contribution >= 0.6 is 0 Å². The molecule has 5 rings (SSSR count). The van der Waals surface area contributed by atoms with Gasteiger partial charge in [0, 0.05) is 30.1 Å². The van der Waals surface area contributed by atoms with Crippen LogP contribution in [0, 0.1) is 5.92 Å². The zero-order valence-corrected chi connectivity index (χ0v) is 20.4. The third-order valence-electron chi connectivity index (χ3n) is 8.45. The van der Waals surface area contributed by atoms with Gasteiger partial charge in [0.05, 0.1) is 18.6 Å². The first-order chi connectivity index (χ1) is 17.1. The summed E-state index contributed by atoms with van der Waals surface area (Å²) in [6.07, 6.45) is 10.5. The summed E-state index contributed by atoms with van der Waals surface area (Å²) < 4.78 is 6.21. The number of carbonyl (C=O) groups excluding carboxylic acids is 2. The van der Waals surface area contributed by atoms with Crippen molar-refractivity contribution in [2.24, 2.45) is 5.92 Å². The normalized spacial score (nSPS) is 28.2. The molecule has 2 fully saturated rings. The molecule has 0 radical (unpaired) electrons. The van der Waals surface area contributed by atoms with Gasteiger partial charge in [-0.15, -0.1) is 0 Å². The first kappa shape index (κ1) is 24.3. The van der Waals surface area contributed by atoms with Crippen molar-refractivity contribution >= 4 is 11.8 Å². The van der Waals surface area contributed by atoms with Crippen LogP contribution in [0.1, 0.15) is 75.7 Å². The highest BCUT2D eigenvalue weighted by atomic mass is 16.5. The molecule has 0 saturated heterocycles. The van der Waals surface area contributed by atoms with Crippen LogP contribution in [0.25, 0.3) is 0 Å². The van der Waals surface area contributed by atoms with E-state index < -0.39 is 24.2 Å². The molecule has 4 unspecified atom stereocenters. The van der Waals surface area contributed by atoms with E-state index in [0.29, 0.717) is 23.7 Å². The van der Waals surface area contributed by atoms with E-state index in [1.165, 1.54) is 25.7 Å². The highest BCUT2D eigenvalue weighted by molar-refractivity contribution is 5.96. The molecule has 0 aromatic heterocycles. The molecule has 2 saturated carbocycles. The second-order valence-corrected chi connectivity index (χ2v) is 10.6. The first-order valence-electron chi connectivity index (χ1n) is 13.4. The molecule has 0 spiro atoms. The Kier molecular flexibility index (Phi) is 7.44. The van der Waals surface area contributed by atoms with E-state index in [0.717, 1.165) is 37.7 Å². The lowest BCUT2D eigenvalue weighted by Gasteiger charge is -2.43. The molecule has 1 aliphatic heterocycles. The summed E-state index contributed by atoms with van der Waals surface area (Å²) in [5.74, 6) is 0.676. The van der Waals surface area contributed by atoms with Crippen LogP contribution in [-0.2, 0) is 9.59 Å². The standard InChI is InChI=1S/C28H38N2O5/c31-16-15-29-28(34)21-17-22(26(33)27-25(21)20-11-5-6-12-23(20)35-27)30(19-9-3-4-10-19)24(32)14-13-18-7-1-2-8-18/h5-6,11-12,17-19,22,25-27,31,33H,1-4,7-10,13-16H2,(H,29,34). The number of carbonyl (C=O) groups is 2. The average Bonchev–Trinajstić information content (AvgIpc) is 3.64. The van der Waals surface area contributed by atoms with Gasteiger partial charge in [-0.1, -0.05) is 56.7 Å². The molecule has 3 N–H and O–H groups in total. The fourth-order valence-electron chi connectivity index (χ4n) is 6.71. The maximum Gasteiger partial charge on any atom is 0.247 e. The second kappa shape index (κ2) is 10.7. The number of amides is 2. The summed E-state index contributed by atoms with van der Waals surface area (Å²) >= 11 is 0.